The summed E-state index contributed by atoms with van der Waals surface area (Å²) in [6.45, 7) is 6.47. The van der Waals surface area contributed by atoms with Crippen LogP contribution in [0.5, 0.6) is 0 Å². The van der Waals surface area contributed by atoms with Crippen molar-refractivity contribution in [3.8, 4) is 0 Å². The molecule has 2 fully saturated rings. The molecule has 3 aromatic heterocycles. The number of alkyl halides is 2. The Hall–Kier alpha value is -2.88. The van der Waals surface area contributed by atoms with Gasteiger partial charge in [0.15, 0.2) is 11.3 Å². The Morgan fingerprint density at radius 3 is 2.50 bits per heavy atom. The van der Waals surface area contributed by atoms with Crippen LogP contribution < -0.4 is 5.32 Å². The molecule has 0 bridgehead atoms. The summed E-state index contributed by atoms with van der Waals surface area (Å²) < 4.78 is 30.9. The number of halogens is 2. The normalized spacial score (nSPS) is 22.1. The van der Waals surface area contributed by atoms with Crippen LogP contribution in [0.4, 0.5) is 14.5 Å². The highest BCUT2D eigenvalue weighted by molar-refractivity contribution is 6.08. The van der Waals surface area contributed by atoms with Gasteiger partial charge < -0.3 is 10.2 Å². The Morgan fingerprint density at radius 1 is 1.11 bits per heavy atom. The summed E-state index contributed by atoms with van der Waals surface area (Å²) in [5, 5.41) is 11.1. The number of fused-ring (bicyclic) bond motifs is 1. The fraction of sp³-hybridized carbons (Fsp3) is 0.615. The molecule has 2 aliphatic rings. The minimum Gasteiger partial charge on any atom is -0.319 e. The molecule has 0 radical (unpaired) electrons. The van der Waals surface area contributed by atoms with Gasteiger partial charge in [-0.2, -0.15) is 10.2 Å². The Bertz CT molecular complexity index is 1200. The number of carbonyl (C=O) groups is 1. The second-order valence-corrected chi connectivity index (χ2v) is 10.7. The predicted octanol–water partition coefficient (Wildman–Crippen LogP) is 5.31. The Kier molecular flexibility index (Phi) is 7.05. The number of likely N-dealkylation sites (tertiary alicyclic amines) is 1. The summed E-state index contributed by atoms with van der Waals surface area (Å²) in [6.07, 6.45) is 7.95. The number of carbonyl (C=O) groups excluding carboxylic acids is 1. The molecule has 0 unspecified atom stereocenters. The molecule has 1 aliphatic heterocycles. The van der Waals surface area contributed by atoms with Gasteiger partial charge in [0, 0.05) is 24.0 Å². The molecule has 0 aromatic carbocycles. The minimum absolute atomic E-state index is 0.0480. The summed E-state index contributed by atoms with van der Waals surface area (Å²) in [5.74, 6) is 1.09. The van der Waals surface area contributed by atoms with Gasteiger partial charge >= 0.3 is 0 Å². The average molecular weight is 500 g/mol. The third-order valence-corrected chi connectivity index (χ3v) is 8.05. The molecule has 1 saturated carbocycles. The van der Waals surface area contributed by atoms with Crippen LogP contribution in [0, 0.1) is 11.8 Å². The zero-order chi connectivity index (χ0) is 25.4. The molecule has 0 atom stereocenters. The Labute approximate surface area is 210 Å². The van der Waals surface area contributed by atoms with Crippen LogP contribution in [-0.2, 0) is 0 Å². The van der Waals surface area contributed by atoms with Crippen molar-refractivity contribution in [3.63, 3.8) is 0 Å². The first kappa shape index (κ1) is 24.8. The maximum absolute atomic E-state index is 13.8. The summed E-state index contributed by atoms with van der Waals surface area (Å²) in [6, 6.07) is 2.02. The number of hydrogen-bond donors (Lipinski definition) is 1. The van der Waals surface area contributed by atoms with Crippen LogP contribution in [0.25, 0.3) is 5.65 Å². The highest BCUT2D eigenvalue weighted by Gasteiger charge is 2.28. The van der Waals surface area contributed by atoms with E-state index in [0.717, 1.165) is 57.3 Å². The Balaban J connectivity index is 1.35. The fourth-order valence-electron chi connectivity index (χ4n) is 5.65. The van der Waals surface area contributed by atoms with E-state index in [4.69, 9.17) is 4.98 Å². The molecule has 1 N–H and O–H groups in total. The van der Waals surface area contributed by atoms with E-state index in [1.807, 2.05) is 12.3 Å². The first-order valence-electron chi connectivity index (χ1n) is 13.0. The summed E-state index contributed by atoms with van der Waals surface area (Å²) in [4.78, 5) is 20.3. The molecular weight excluding hydrogens is 464 g/mol. The van der Waals surface area contributed by atoms with E-state index in [0.29, 0.717) is 23.4 Å². The lowest BCUT2D eigenvalue weighted by Crippen LogP contribution is -2.29. The summed E-state index contributed by atoms with van der Waals surface area (Å²) >= 11 is 0. The van der Waals surface area contributed by atoms with Crippen LogP contribution in [0.3, 0.4) is 0 Å². The van der Waals surface area contributed by atoms with Gasteiger partial charge in [-0.3, -0.25) is 9.48 Å². The average Bonchev–Trinajstić information content (AvgIpc) is 3.49. The van der Waals surface area contributed by atoms with E-state index >= 15 is 0 Å². The van der Waals surface area contributed by atoms with Crippen molar-refractivity contribution in [1.82, 2.24) is 29.3 Å². The number of piperidine rings is 1. The summed E-state index contributed by atoms with van der Waals surface area (Å²) in [7, 11) is 2.11. The summed E-state index contributed by atoms with van der Waals surface area (Å²) in [5.41, 5.74) is 1.28. The van der Waals surface area contributed by atoms with Gasteiger partial charge in [0.25, 0.3) is 12.3 Å². The number of rotatable bonds is 6. The molecule has 1 saturated heterocycles. The van der Waals surface area contributed by atoms with E-state index in [9.17, 15) is 13.6 Å². The largest absolute Gasteiger partial charge is 0.319 e. The molecule has 1 aliphatic carbocycles. The number of amides is 1. The maximum atomic E-state index is 13.8. The van der Waals surface area contributed by atoms with Crippen LogP contribution in [0.1, 0.15) is 92.5 Å². The van der Waals surface area contributed by atoms with Gasteiger partial charge in [-0.05, 0) is 76.6 Å². The molecule has 3 aromatic rings. The monoisotopic (exact) mass is 499 g/mol. The number of aromatic nitrogens is 5. The smallest absolute Gasteiger partial charge is 0.284 e. The molecule has 4 heterocycles. The van der Waals surface area contributed by atoms with Crippen molar-refractivity contribution >= 4 is 17.2 Å². The molecular formula is C26H35F2N7O. The third kappa shape index (κ3) is 5.00. The highest BCUT2D eigenvalue weighted by Crippen LogP contribution is 2.37. The molecule has 8 nitrogen and oxygen atoms in total. The predicted molar refractivity (Wildman–Crippen MR) is 133 cm³/mol. The SMILES string of the molecule is CC(C)C1CCC(n2cc(NC(=O)c3cnn4ccc(C5CCN(C)CC5)nc34)c(C(F)F)n2)CC1. The lowest BCUT2D eigenvalue weighted by atomic mass is 9.80. The molecule has 1 amide bonds. The molecule has 0 spiro atoms. The van der Waals surface area contributed by atoms with E-state index in [1.165, 1.54) is 6.20 Å². The lowest BCUT2D eigenvalue weighted by Gasteiger charge is -2.30. The van der Waals surface area contributed by atoms with Crippen molar-refractivity contribution in [2.75, 3.05) is 25.5 Å². The third-order valence-electron chi connectivity index (χ3n) is 8.05. The molecule has 194 valence electrons. The Morgan fingerprint density at radius 2 is 1.83 bits per heavy atom. The van der Waals surface area contributed by atoms with Crippen LogP contribution in [0.15, 0.2) is 24.7 Å². The zero-order valence-electron chi connectivity index (χ0n) is 21.2. The van der Waals surface area contributed by atoms with Gasteiger partial charge in [-0.15, -0.1) is 0 Å². The number of anilines is 1. The minimum atomic E-state index is -2.79. The van der Waals surface area contributed by atoms with E-state index in [2.05, 4.69) is 41.3 Å². The lowest BCUT2D eigenvalue weighted by molar-refractivity contribution is 0.102. The molecule has 36 heavy (non-hydrogen) atoms. The van der Waals surface area contributed by atoms with Crippen molar-refractivity contribution in [2.24, 2.45) is 11.8 Å². The van der Waals surface area contributed by atoms with Gasteiger partial charge in [-0.1, -0.05) is 13.8 Å². The quantitative estimate of drug-likeness (QED) is 0.497. The van der Waals surface area contributed by atoms with Crippen molar-refractivity contribution in [3.05, 3.63) is 41.6 Å². The van der Waals surface area contributed by atoms with Crippen molar-refractivity contribution in [1.29, 1.82) is 0 Å². The highest BCUT2D eigenvalue weighted by atomic mass is 19.3. The van der Waals surface area contributed by atoms with E-state index in [1.54, 1.807) is 15.4 Å². The fourth-order valence-corrected chi connectivity index (χ4v) is 5.65. The van der Waals surface area contributed by atoms with Crippen LogP contribution in [-0.4, -0.2) is 55.3 Å². The van der Waals surface area contributed by atoms with E-state index < -0.39 is 18.0 Å². The van der Waals surface area contributed by atoms with Gasteiger partial charge in [0.1, 0.15) is 5.56 Å². The molecule has 5 rings (SSSR count). The maximum Gasteiger partial charge on any atom is 0.284 e. The van der Waals surface area contributed by atoms with Crippen LogP contribution >= 0.6 is 0 Å². The van der Waals surface area contributed by atoms with Gasteiger partial charge in [-0.25, -0.2) is 18.3 Å². The first-order valence-corrected chi connectivity index (χ1v) is 13.0. The zero-order valence-corrected chi connectivity index (χ0v) is 21.2. The topological polar surface area (TPSA) is 80.4 Å². The number of nitrogens with zero attached hydrogens (tertiary/aromatic N) is 6. The number of hydrogen-bond acceptors (Lipinski definition) is 5. The number of nitrogens with one attached hydrogen (secondary N) is 1. The molecule has 10 heteroatoms. The van der Waals surface area contributed by atoms with Gasteiger partial charge in [0.05, 0.1) is 17.9 Å². The second kappa shape index (κ2) is 10.2. The van der Waals surface area contributed by atoms with Crippen LogP contribution in [0.2, 0.25) is 0 Å². The van der Waals surface area contributed by atoms with Crippen molar-refractivity contribution < 1.29 is 13.6 Å². The second-order valence-electron chi connectivity index (χ2n) is 10.7. The van der Waals surface area contributed by atoms with Crippen molar-refractivity contribution in [2.45, 2.75) is 70.8 Å². The van der Waals surface area contributed by atoms with E-state index in [-0.39, 0.29) is 17.3 Å². The first-order chi connectivity index (χ1) is 17.3. The standard InChI is InChI=1S/C26H35F2N7O/c1-16(2)17-4-6-19(7-5-17)35-15-22(23(32-35)24(27)28)31-26(36)20-14-29-34-13-10-21(30-25(20)34)18-8-11-33(3)12-9-18/h10,13-19,24H,4-9,11-12H2,1-3H3,(H,31,36). The van der Waals surface area contributed by atoms with Gasteiger partial charge in [0.2, 0.25) is 0 Å².